The number of nitrogens with zero attached hydrogens (tertiary/aromatic N) is 3. The zero-order chi connectivity index (χ0) is 22.3. The summed E-state index contributed by atoms with van der Waals surface area (Å²) in [6.45, 7) is 6.52. The number of rotatable bonds is 5. The minimum Gasteiger partial charge on any atom is -0.343 e. The number of carbonyl (C=O) groups is 1. The Balaban J connectivity index is 2.02. The van der Waals surface area contributed by atoms with Gasteiger partial charge in [0.1, 0.15) is 0 Å². The van der Waals surface area contributed by atoms with Crippen LogP contribution in [0.25, 0.3) is 10.9 Å². The van der Waals surface area contributed by atoms with Crippen molar-refractivity contribution >= 4 is 26.8 Å². The average Bonchev–Trinajstić information content (AvgIpc) is 3.18. The molecule has 1 aromatic heterocycles. The van der Waals surface area contributed by atoms with Crippen LogP contribution in [0.4, 0.5) is 0 Å². The smallest absolute Gasteiger partial charge is 0.331 e. The highest BCUT2D eigenvalue weighted by Crippen LogP contribution is 2.17. The van der Waals surface area contributed by atoms with E-state index >= 15 is 0 Å². The Morgan fingerprint density at radius 3 is 2.37 bits per heavy atom. The first-order valence-corrected chi connectivity index (χ1v) is 11.4. The van der Waals surface area contributed by atoms with Gasteiger partial charge in [-0.15, -0.1) is 0 Å². The van der Waals surface area contributed by atoms with Crippen LogP contribution in [0.3, 0.4) is 0 Å². The highest BCUT2D eigenvalue weighted by atomic mass is 32.2. The van der Waals surface area contributed by atoms with E-state index < -0.39 is 26.8 Å². The summed E-state index contributed by atoms with van der Waals surface area (Å²) in [6, 6.07) is 4.11. The molecule has 0 aliphatic carbocycles. The molecule has 3 rings (SSSR count). The molecule has 1 aliphatic rings. The number of carbonyl (C=O) groups excluding carboxylic acids is 1. The summed E-state index contributed by atoms with van der Waals surface area (Å²) < 4.78 is 30.2. The van der Waals surface area contributed by atoms with E-state index in [0.29, 0.717) is 18.6 Å². The van der Waals surface area contributed by atoms with E-state index in [1.165, 1.54) is 29.8 Å². The summed E-state index contributed by atoms with van der Waals surface area (Å²) in [5.74, 6) is -0.0905. The molecular weight excluding hydrogens is 408 g/mol. The van der Waals surface area contributed by atoms with Gasteiger partial charge >= 0.3 is 5.69 Å². The number of nitrogens with one attached hydrogen (secondary N) is 1. The fraction of sp³-hybridized carbons (Fsp3) is 0.550. The lowest BCUT2D eigenvalue weighted by Gasteiger charge is -2.20. The molecule has 1 N–H and O–H groups in total. The Morgan fingerprint density at radius 1 is 1.13 bits per heavy atom. The van der Waals surface area contributed by atoms with Crippen molar-refractivity contribution in [3.63, 3.8) is 0 Å². The number of aryl methyl sites for hydroxylation is 1. The Bertz CT molecular complexity index is 1200. The molecular formula is C20H28N4O5S. The summed E-state index contributed by atoms with van der Waals surface area (Å²) in [5, 5.41) is 0.113. The minimum absolute atomic E-state index is 0.0459. The molecule has 10 heteroatoms. The molecule has 0 spiro atoms. The molecule has 1 aromatic carbocycles. The number of aromatic nitrogens is 2. The van der Waals surface area contributed by atoms with E-state index in [9.17, 15) is 22.8 Å². The number of benzene rings is 1. The summed E-state index contributed by atoms with van der Waals surface area (Å²) in [6.07, 6.45) is 1.97. The molecule has 0 unspecified atom stereocenters. The van der Waals surface area contributed by atoms with Crippen molar-refractivity contribution in [2.24, 2.45) is 7.05 Å². The number of fused-ring (bicyclic) bond motifs is 1. The number of hydrogen-bond acceptors (Lipinski definition) is 5. The molecule has 0 saturated carbocycles. The van der Waals surface area contributed by atoms with Gasteiger partial charge in [-0.25, -0.2) is 17.9 Å². The van der Waals surface area contributed by atoms with Gasteiger partial charge in [0, 0.05) is 38.6 Å². The monoisotopic (exact) mass is 436 g/mol. The van der Waals surface area contributed by atoms with Gasteiger partial charge in [0.25, 0.3) is 5.56 Å². The third-order valence-corrected chi connectivity index (χ3v) is 6.84. The molecule has 30 heavy (non-hydrogen) atoms. The van der Waals surface area contributed by atoms with E-state index in [1.54, 1.807) is 25.7 Å². The van der Waals surface area contributed by atoms with Gasteiger partial charge in [0.2, 0.25) is 15.9 Å². The standard InChI is InChI=1S/C20H28N4O5S/c1-20(2,3)21-30(28,29)14-7-8-16-15(13-14)18(26)24(19(27)22(16)4)12-9-17(25)23-10-5-6-11-23/h7-8,13,21H,5-6,9-12H2,1-4H3. The lowest BCUT2D eigenvalue weighted by atomic mass is 10.1. The van der Waals surface area contributed by atoms with Crippen LogP contribution in [0.1, 0.15) is 40.0 Å². The largest absolute Gasteiger partial charge is 0.343 e. The van der Waals surface area contributed by atoms with Crippen molar-refractivity contribution in [1.29, 1.82) is 0 Å². The van der Waals surface area contributed by atoms with Crippen LogP contribution in [0.5, 0.6) is 0 Å². The highest BCUT2D eigenvalue weighted by Gasteiger charge is 2.24. The number of likely N-dealkylation sites (tertiary alicyclic amines) is 1. The van der Waals surface area contributed by atoms with Crippen molar-refractivity contribution in [2.75, 3.05) is 13.1 Å². The third kappa shape index (κ3) is 4.49. The molecule has 2 heterocycles. The van der Waals surface area contributed by atoms with Gasteiger partial charge in [-0.2, -0.15) is 0 Å². The van der Waals surface area contributed by atoms with Gasteiger partial charge in [0.05, 0.1) is 15.8 Å². The SMILES string of the molecule is Cn1c(=O)n(CCC(=O)N2CCCC2)c(=O)c2cc(S(=O)(=O)NC(C)(C)C)ccc21. The predicted molar refractivity (Wildman–Crippen MR) is 114 cm³/mol. The van der Waals surface area contributed by atoms with Crippen LogP contribution in [0, 0.1) is 0 Å². The number of sulfonamides is 1. The molecule has 2 aromatic rings. The summed E-state index contributed by atoms with van der Waals surface area (Å²) >= 11 is 0. The predicted octanol–water partition coefficient (Wildman–Crippen LogP) is 0.790. The second-order valence-electron chi connectivity index (χ2n) is 8.67. The topological polar surface area (TPSA) is 110 Å². The second kappa shape index (κ2) is 7.99. The van der Waals surface area contributed by atoms with Crippen LogP contribution >= 0.6 is 0 Å². The van der Waals surface area contributed by atoms with Crippen molar-refractivity contribution in [2.45, 2.75) is 57.0 Å². The van der Waals surface area contributed by atoms with E-state index in [2.05, 4.69) is 4.72 Å². The first kappa shape index (κ1) is 22.2. The second-order valence-corrected chi connectivity index (χ2v) is 10.4. The highest BCUT2D eigenvalue weighted by molar-refractivity contribution is 7.89. The molecule has 1 amide bonds. The molecule has 1 fully saturated rings. The van der Waals surface area contributed by atoms with Crippen LogP contribution in [-0.4, -0.2) is 47.0 Å². The summed E-state index contributed by atoms with van der Waals surface area (Å²) in [4.78, 5) is 39.7. The van der Waals surface area contributed by atoms with Gasteiger partial charge in [0.15, 0.2) is 0 Å². The first-order chi connectivity index (χ1) is 13.9. The van der Waals surface area contributed by atoms with Crippen LogP contribution in [0.15, 0.2) is 32.7 Å². The van der Waals surface area contributed by atoms with Crippen LogP contribution in [0.2, 0.25) is 0 Å². The summed E-state index contributed by atoms with van der Waals surface area (Å²) in [5.41, 5.74) is -1.49. The fourth-order valence-corrected chi connectivity index (χ4v) is 5.10. The molecule has 9 nitrogen and oxygen atoms in total. The van der Waals surface area contributed by atoms with Gasteiger partial charge in [-0.05, 0) is 51.8 Å². The minimum atomic E-state index is -3.85. The quantitative estimate of drug-likeness (QED) is 0.745. The van der Waals surface area contributed by atoms with Gasteiger partial charge < -0.3 is 4.90 Å². The third-order valence-electron chi connectivity index (χ3n) is 5.08. The van der Waals surface area contributed by atoms with Crippen molar-refractivity contribution in [3.8, 4) is 0 Å². The van der Waals surface area contributed by atoms with E-state index in [0.717, 1.165) is 17.4 Å². The number of amides is 1. The Labute approximate surface area is 175 Å². The normalized spacial score (nSPS) is 15.1. The fourth-order valence-electron chi connectivity index (χ4n) is 3.65. The number of hydrogen-bond donors (Lipinski definition) is 1. The Kier molecular flexibility index (Phi) is 5.92. The first-order valence-electron chi connectivity index (χ1n) is 9.96. The van der Waals surface area contributed by atoms with Crippen molar-refractivity contribution < 1.29 is 13.2 Å². The maximum atomic E-state index is 13.0. The molecule has 164 valence electrons. The Hall–Kier alpha value is -2.46. The van der Waals surface area contributed by atoms with E-state index in [1.807, 2.05) is 0 Å². The van der Waals surface area contributed by atoms with Crippen LogP contribution < -0.4 is 16.0 Å². The average molecular weight is 437 g/mol. The zero-order valence-corrected chi connectivity index (χ0v) is 18.6. The van der Waals surface area contributed by atoms with E-state index in [-0.39, 0.29) is 29.2 Å². The Morgan fingerprint density at radius 2 is 1.77 bits per heavy atom. The van der Waals surface area contributed by atoms with E-state index in [4.69, 9.17) is 0 Å². The molecule has 1 aliphatic heterocycles. The summed E-state index contributed by atoms with van der Waals surface area (Å²) in [7, 11) is -2.33. The van der Waals surface area contributed by atoms with Crippen LogP contribution in [-0.2, 0) is 28.4 Å². The van der Waals surface area contributed by atoms with Crippen molar-refractivity contribution in [3.05, 3.63) is 39.0 Å². The maximum Gasteiger partial charge on any atom is 0.331 e. The van der Waals surface area contributed by atoms with Crippen molar-refractivity contribution in [1.82, 2.24) is 18.8 Å². The molecule has 0 atom stereocenters. The lowest BCUT2D eigenvalue weighted by Crippen LogP contribution is -2.41. The zero-order valence-electron chi connectivity index (χ0n) is 17.8. The van der Waals surface area contributed by atoms with Gasteiger partial charge in [-0.3, -0.25) is 18.7 Å². The molecule has 1 saturated heterocycles. The molecule has 0 radical (unpaired) electrons. The lowest BCUT2D eigenvalue weighted by molar-refractivity contribution is -0.130. The molecule has 0 bridgehead atoms. The van der Waals surface area contributed by atoms with Gasteiger partial charge in [-0.1, -0.05) is 0 Å². The maximum absolute atomic E-state index is 13.0.